The Balaban J connectivity index is 1.50. The maximum absolute atomic E-state index is 4.15. The second kappa shape index (κ2) is 4.75. The van der Waals surface area contributed by atoms with E-state index in [9.17, 15) is 0 Å². The molecule has 2 heterocycles. The van der Waals surface area contributed by atoms with E-state index < -0.39 is 0 Å². The van der Waals surface area contributed by atoms with Gasteiger partial charge >= 0.3 is 0 Å². The van der Waals surface area contributed by atoms with Gasteiger partial charge < -0.3 is 5.32 Å². The molecule has 1 N–H and O–H groups in total. The van der Waals surface area contributed by atoms with E-state index in [0.29, 0.717) is 6.04 Å². The molecule has 3 rings (SSSR count). The average Bonchev–Trinajstić information content (AvgIpc) is 3.12. The van der Waals surface area contributed by atoms with Gasteiger partial charge in [0.1, 0.15) is 0 Å². The average molecular weight is 231 g/mol. The molecule has 1 aromatic rings. The van der Waals surface area contributed by atoms with Gasteiger partial charge in [0.2, 0.25) is 0 Å². The summed E-state index contributed by atoms with van der Waals surface area (Å²) in [5.74, 6) is 0. The van der Waals surface area contributed by atoms with E-state index >= 15 is 0 Å². The Morgan fingerprint density at radius 1 is 1.47 bits per heavy atom. The van der Waals surface area contributed by atoms with E-state index in [-0.39, 0.29) is 0 Å². The first-order chi connectivity index (χ1) is 8.33. The minimum atomic E-state index is 0.658. The SMILES string of the molecule is CC1CC(NCc2cccnc2)CN1C1CC1. The Morgan fingerprint density at radius 3 is 3.06 bits per heavy atom. The van der Waals surface area contributed by atoms with E-state index in [1.165, 1.54) is 31.4 Å². The molecule has 2 aliphatic rings. The molecular weight excluding hydrogens is 210 g/mol. The molecular formula is C14H21N3. The fourth-order valence-corrected chi connectivity index (χ4v) is 2.88. The van der Waals surface area contributed by atoms with Crippen LogP contribution in [0.1, 0.15) is 31.7 Å². The van der Waals surface area contributed by atoms with Crippen LogP contribution < -0.4 is 5.32 Å². The second-order valence-corrected chi connectivity index (χ2v) is 5.45. The van der Waals surface area contributed by atoms with Gasteiger partial charge in [-0.15, -0.1) is 0 Å². The minimum absolute atomic E-state index is 0.658. The van der Waals surface area contributed by atoms with Crippen molar-refractivity contribution in [3.05, 3.63) is 30.1 Å². The van der Waals surface area contributed by atoms with Crippen molar-refractivity contribution >= 4 is 0 Å². The fraction of sp³-hybridized carbons (Fsp3) is 0.643. The summed E-state index contributed by atoms with van der Waals surface area (Å²) in [6.07, 6.45) is 7.90. The molecule has 0 bridgehead atoms. The largest absolute Gasteiger partial charge is 0.309 e. The molecule has 1 saturated heterocycles. The summed E-state index contributed by atoms with van der Waals surface area (Å²) in [7, 11) is 0. The summed E-state index contributed by atoms with van der Waals surface area (Å²) in [4.78, 5) is 6.83. The Morgan fingerprint density at radius 2 is 2.35 bits per heavy atom. The zero-order chi connectivity index (χ0) is 11.7. The Bertz CT molecular complexity index is 361. The van der Waals surface area contributed by atoms with Gasteiger partial charge in [-0.25, -0.2) is 0 Å². The van der Waals surface area contributed by atoms with Gasteiger partial charge in [-0.2, -0.15) is 0 Å². The third-order valence-electron chi connectivity index (χ3n) is 3.96. The van der Waals surface area contributed by atoms with Crippen LogP contribution >= 0.6 is 0 Å². The number of hydrogen-bond acceptors (Lipinski definition) is 3. The van der Waals surface area contributed by atoms with Gasteiger partial charge in [0.15, 0.2) is 0 Å². The number of nitrogens with one attached hydrogen (secondary N) is 1. The van der Waals surface area contributed by atoms with Crippen molar-refractivity contribution < 1.29 is 0 Å². The van der Waals surface area contributed by atoms with Crippen molar-refractivity contribution in [2.45, 2.75) is 50.9 Å². The molecule has 2 atom stereocenters. The lowest BCUT2D eigenvalue weighted by atomic mass is 10.2. The predicted molar refractivity (Wildman–Crippen MR) is 68.7 cm³/mol. The van der Waals surface area contributed by atoms with Gasteiger partial charge in [-0.05, 0) is 37.8 Å². The highest BCUT2D eigenvalue weighted by atomic mass is 15.3. The van der Waals surface area contributed by atoms with Crippen molar-refractivity contribution in [2.75, 3.05) is 6.54 Å². The van der Waals surface area contributed by atoms with Gasteiger partial charge in [-0.1, -0.05) is 6.07 Å². The molecule has 92 valence electrons. The van der Waals surface area contributed by atoms with E-state index in [4.69, 9.17) is 0 Å². The van der Waals surface area contributed by atoms with E-state index in [2.05, 4.69) is 28.2 Å². The van der Waals surface area contributed by atoms with E-state index in [1.54, 1.807) is 0 Å². The maximum Gasteiger partial charge on any atom is 0.0312 e. The molecule has 2 fully saturated rings. The van der Waals surface area contributed by atoms with Crippen LogP contribution in [-0.2, 0) is 6.54 Å². The molecule has 0 aromatic carbocycles. The minimum Gasteiger partial charge on any atom is -0.309 e. The Hall–Kier alpha value is -0.930. The van der Waals surface area contributed by atoms with Crippen LogP contribution in [-0.4, -0.2) is 34.6 Å². The van der Waals surface area contributed by atoms with Gasteiger partial charge in [0.05, 0.1) is 0 Å². The van der Waals surface area contributed by atoms with Crippen molar-refractivity contribution in [1.29, 1.82) is 0 Å². The Kier molecular flexibility index (Phi) is 3.12. The smallest absolute Gasteiger partial charge is 0.0312 e. The topological polar surface area (TPSA) is 28.2 Å². The van der Waals surface area contributed by atoms with Gasteiger partial charge in [0, 0.05) is 43.6 Å². The van der Waals surface area contributed by atoms with Crippen LogP contribution in [0.5, 0.6) is 0 Å². The lowest BCUT2D eigenvalue weighted by Gasteiger charge is -2.19. The lowest BCUT2D eigenvalue weighted by Crippen LogP contribution is -2.33. The zero-order valence-electron chi connectivity index (χ0n) is 10.5. The predicted octanol–water partition coefficient (Wildman–Crippen LogP) is 1.80. The first kappa shape index (κ1) is 11.2. The van der Waals surface area contributed by atoms with E-state index in [1.807, 2.05) is 18.5 Å². The molecule has 2 unspecified atom stereocenters. The van der Waals surface area contributed by atoms with Crippen molar-refractivity contribution in [2.24, 2.45) is 0 Å². The highest BCUT2D eigenvalue weighted by Gasteiger charge is 2.38. The van der Waals surface area contributed by atoms with Crippen molar-refractivity contribution in [3.63, 3.8) is 0 Å². The molecule has 3 heteroatoms. The van der Waals surface area contributed by atoms with Crippen LogP contribution in [0, 0.1) is 0 Å². The first-order valence-corrected chi connectivity index (χ1v) is 6.71. The van der Waals surface area contributed by atoms with Crippen LogP contribution in [0.25, 0.3) is 0 Å². The molecule has 1 aliphatic heterocycles. The lowest BCUT2D eigenvalue weighted by molar-refractivity contribution is 0.255. The van der Waals surface area contributed by atoms with Crippen molar-refractivity contribution in [1.82, 2.24) is 15.2 Å². The quantitative estimate of drug-likeness (QED) is 0.856. The van der Waals surface area contributed by atoms with Crippen LogP contribution in [0.2, 0.25) is 0 Å². The number of nitrogens with zero attached hydrogens (tertiary/aromatic N) is 2. The molecule has 17 heavy (non-hydrogen) atoms. The van der Waals surface area contributed by atoms with Crippen molar-refractivity contribution in [3.8, 4) is 0 Å². The monoisotopic (exact) mass is 231 g/mol. The molecule has 0 amide bonds. The summed E-state index contributed by atoms with van der Waals surface area (Å²) >= 11 is 0. The molecule has 0 spiro atoms. The number of likely N-dealkylation sites (tertiary alicyclic amines) is 1. The second-order valence-electron chi connectivity index (χ2n) is 5.45. The molecule has 1 saturated carbocycles. The fourth-order valence-electron chi connectivity index (χ4n) is 2.88. The number of aromatic nitrogens is 1. The number of rotatable bonds is 4. The summed E-state index contributed by atoms with van der Waals surface area (Å²) in [6.45, 7) is 4.54. The molecule has 0 radical (unpaired) electrons. The summed E-state index contributed by atoms with van der Waals surface area (Å²) in [5, 5.41) is 3.66. The zero-order valence-corrected chi connectivity index (χ0v) is 10.5. The number of pyridine rings is 1. The summed E-state index contributed by atoms with van der Waals surface area (Å²) in [5.41, 5.74) is 1.28. The summed E-state index contributed by atoms with van der Waals surface area (Å²) in [6, 6.07) is 6.46. The van der Waals surface area contributed by atoms with Crippen LogP contribution in [0.4, 0.5) is 0 Å². The van der Waals surface area contributed by atoms with E-state index in [0.717, 1.165) is 18.6 Å². The highest BCUT2D eigenvalue weighted by Crippen LogP contribution is 2.33. The van der Waals surface area contributed by atoms with Crippen LogP contribution in [0.3, 0.4) is 0 Å². The number of hydrogen-bond donors (Lipinski definition) is 1. The first-order valence-electron chi connectivity index (χ1n) is 6.71. The third-order valence-corrected chi connectivity index (χ3v) is 3.96. The normalized spacial score (nSPS) is 29.7. The third kappa shape index (κ3) is 2.67. The molecule has 1 aliphatic carbocycles. The standard InChI is InChI=1S/C14H21N3/c1-11-7-13(10-17(11)14-4-5-14)16-9-12-3-2-6-15-8-12/h2-3,6,8,11,13-14,16H,4-5,7,9-10H2,1H3. The van der Waals surface area contributed by atoms with Gasteiger partial charge in [0.25, 0.3) is 0 Å². The van der Waals surface area contributed by atoms with Gasteiger partial charge in [-0.3, -0.25) is 9.88 Å². The van der Waals surface area contributed by atoms with Crippen LogP contribution in [0.15, 0.2) is 24.5 Å². The molecule has 1 aromatic heterocycles. The maximum atomic E-state index is 4.15. The highest BCUT2D eigenvalue weighted by molar-refractivity contribution is 5.08. The summed E-state index contributed by atoms with van der Waals surface area (Å²) < 4.78 is 0. The Labute approximate surface area is 103 Å². The molecule has 3 nitrogen and oxygen atoms in total.